The highest BCUT2D eigenvalue weighted by molar-refractivity contribution is 5.95. The zero-order valence-corrected chi connectivity index (χ0v) is 15.5. The lowest BCUT2D eigenvalue weighted by atomic mass is 9.98. The van der Waals surface area contributed by atoms with E-state index in [4.69, 9.17) is 4.74 Å². The monoisotopic (exact) mass is 353 g/mol. The number of morpholine rings is 1. The highest BCUT2D eigenvalue weighted by Crippen LogP contribution is 2.41. The van der Waals surface area contributed by atoms with Crippen molar-refractivity contribution >= 4 is 5.91 Å². The van der Waals surface area contributed by atoms with Crippen LogP contribution in [-0.2, 0) is 4.74 Å². The summed E-state index contributed by atoms with van der Waals surface area (Å²) in [5.41, 5.74) is 3.15. The largest absolute Gasteiger partial charge is 0.373 e. The van der Waals surface area contributed by atoms with Gasteiger partial charge in [-0.2, -0.15) is 0 Å². The molecule has 2 aromatic rings. The maximum absolute atomic E-state index is 13.0. The van der Waals surface area contributed by atoms with Crippen LogP contribution in [0.3, 0.4) is 0 Å². The van der Waals surface area contributed by atoms with Crippen molar-refractivity contribution in [2.24, 2.45) is 0 Å². The van der Waals surface area contributed by atoms with Crippen LogP contribution in [0.25, 0.3) is 0 Å². The predicted octanol–water partition coefficient (Wildman–Crippen LogP) is 3.04. The summed E-state index contributed by atoms with van der Waals surface area (Å²) in [7, 11) is 4.01. The molecular formula is C21H27N3O2. The lowest BCUT2D eigenvalue weighted by Crippen LogP contribution is -2.48. The van der Waals surface area contributed by atoms with E-state index >= 15 is 0 Å². The number of benzene rings is 1. The molecule has 5 heteroatoms. The van der Waals surface area contributed by atoms with Gasteiger partial charge in [0, 0.05) is 32.0 Å². The Labute approximate surface area is 154 Å². The van der Waals surface area contributed by atoms with Crippen LogP contribution in [0.2, 0.25) is 0 Å². The van der Waals surface area contributed by atoms with Crippen LogP contribution in [0.15, 0.2) is 42.6 Å². The molecule has 1 aliphatic heterocycles. The second kappa shape index (κ2) is 7.25. The molecule has 26 heavy (non-hydrogen) atoms. The van der Waals surface area contributed by atoms with E-state index in [0.717, 1.165) is 17.8 Å². The number of nitrogens with one attached hydrogen (secondary N) is 1. The Morgan fingerprint density at radius 3 is 2.77 bits per heavy atom. The molecule has 1 amide bonds. The van der Waals surface area contributed by atoms with Crippen molar-refractivity contribution in [3.63, 3.8) is 0 Å². The predicted molar refractivity (Wildman–Crippen MR) is 101 cm³/mol. The number of amides is 1. The first-order valence-electron chi connectivity index (χ1n) is 9.44. The van der Waals surface area contributed by atoms with Crippen LogP contribution in [0, 0.1) is 0 Å². The molecule has 1 aliphatic carbocycles. The first-order chi connectivity index (χ1) is 12.6. The summed E-state index contributed by atoms with van der Waals surface area (Å²) in [4.78, 5) is 20.4. The molecule has 1 aromatic heterocycles. The van der Waals surface area contributed by atoms with Gasteiger partial charge in [0.15, 0.2) is 0 Å². The molecule has 0 spiro atoms. The van der Waals surface area contributed by atoms with Crippen molar-refractivity contribution in [2.75, 3.05) is 33.8 Å². The molecule has 138 valence electrons. The number of carbonyl (C=O) groups excluding carboxylic acids is 1. The topological polar surface area (TPSA) is 48.6 Å². The van der Waals surface area contributed by atoms with E-state index in [1.807, 2.05) is 30.3 Å². The van der Waals surface area contributed by atoms with Gasteiger partial charge in [-0.3, -0.25) is 9.69 Å². The third-order valence-corrected chi connectivity index (χ3v) is 5.54. The van der Waals surface area contributed by atoms with Crippen molar-refractivity contribution in [1.82, 2.24) is 14.8 Å². The summed E-state index contributed by atoms with van der Waals surface area (Å²) in [5.74, 6) is 0.614. The molecule has 1 saturated carbocycles. The zero-order chi connectivity index (χ0) is 18.1. The number of H-pyrrole nitrogens is 1. The Kier molecular flexibility index (Phi) is 4.83. The number of aromatic amines is 1. The van der Waals surface area contributed by atoms with Gasteiger partial charge < -0.3 is 14.6 Å². The lowest BCUT2D eigenvalue weighted by Gasteiger charge is -2.40. The quantitative estimate of drug-likeness (QED) is 0.899. The van der Waals surface area contributed by atoms with E-state index in [-0.39, 0.29) is 18.1 Å². The van der Waals surface area contributed by atoms with E-state index in [2.05, 4.69) is 41.2 Å². The molecule has 2 heterocycles. The summed E-state index contributed by atoms with van der Waals surface area (Å²) in [6.07, 6.45) is 4.20. The minimum atomic E-state index is -0.0339. The van der Waals surface area contributed by atoms with Crippen LogP contribution in [0.5, 0.6) is 0 Å². The second-order valence-electron chi connectivity index (χ2n) is 7.51. The number of hydrogen-bond donors (Lipinski definition) is 1. The minimum Gasteiger partial charge on any atom is -0.373 e. The SMILES string of the molecule is CN(C[C@@H]1OCCN(C)[C@H]1c1ccccc1)C(=O)c1cc[nH]c1C1CC1. The van der Waals surface area contributed by atoms with E-state index < -0.39 is 0 Å². The van der Waals surface area contributed by atoms with Gasteiger partial charge in [-0.1, -0.05) is 30.3 Å². The van der Waals surface area contributed by atoms with Crippen LogP contribution < -0.4 is 0 Å². The standard InChI is InChI=1S/C21H27N3O2/c1-23-12-13-26-18(20(23)16-6-4-3-5-7-16)14-24(2)21(25)17-10-11-22-19(17)15-8-9-15/h3-7,10-11,15,18,20,22H,8-9,12-14H2,1-2H3/t18-,20-/m0/s1. The normalized spacial score (nSPS) is 23.8. The van der Waals surface area contributed by atoms with Crippen molar-refractivity contribution in [3.8, 4) is 0 Å². The van der Waals surface area contributed by atoms with Gasteiger partial charge in [-0.25, -0.2) is 0 Å². The number of aromatic nitrogens is 1. The van der Waals surface area contributed by atoms with Crippen molar-refractivity contribution in [2.45, 2.75) is 30.9 Å². The number of hydrogen-bond acceptors (Lipinski definition) is 3. The summed E-state index contributed by atoms with van der Waals surface area (Å²) in [5, 5.41) is 0. The number of ether oxygens (including phenoxy) is 1. The molecular weight excluding hydrogens is 326 g/mol. The van der Waals surface area contributed by atoms with E-state index in [0.29, 0.717) is 19.1 Å². The Bertz CT molecular complexity index is 754. The van der Waals surface area contributed by atoms with Crippen LogP contribution in [-0.4, -0.2) is 60.6 Å². The van der Waals surface area contributed by atoms with Gasteiger partial charge in [-0.15, -0.1) is 0 Å². The average Bonchev–Trinajstić information content (AvgIpc) is 3.38. The molecule has 2 atom stereocenters. The maximum Gasteiger partial charge on any atom is 0.255 e. The number of nitrogens with zero attached hydrogens (tertiary/aromatic N) is 2. The smallest absolute Gasteiger partial charge is 0.255 e. The van der Waals surface area contributed by atoms with Crippen molar-refractivity contribution < 1.29 is 9.53 Å². The number of carbonyl (C=O) groups is 1. The first kappa shape index (κ1) is 17.3. The molecule has 5 nitrogen and oxygen atoms in total. The maximum atomic E-state index is 13.0. The fourth-order valence-corrected chi connectivity index (χ4v) is 3.97. The highest BCUT2D eigenvalue weighted by atomic mass is 16.5. The van der Waals surface area contributed by atoms with Gasteiger partial charge in [0.25, 0.3) is 5.91 Å². The highest BCUT2D eigenvalue weighted by Gasteiger charge is 2.34. The van der Waals surface area contributed by atoms with Gasteiger partial charge in [0.2, 0.25) is 0 Å². The fraction of sp³-hybridized carbons (Fsp3) is 0.476. The Morgan fingerprint density at radius 1 is 1.27 bits per heavy atom. The summed E-state index contributed by atoms with van der Waals surface area (Å²) >= 11 is 0. The number of rotatable bonds is 5. The molecule has 0 bridgehead atoms. The molecule has 1 saturated heterocycles. The van der Waals surface area contributed by atoms with Gasteiger partial charge in [0.05, 0.1) is 24.3 Å². The minimum absolute atomic E-state index is 0.0339. The lowest BCUT2D eigenvalue weighted by molar-refractivity contribution is -0.0707. The molecule has 0 radical (unpaired) electrons. The van der Waals surface area contributed by atoms with E-state index in [1.165, 1.54) is 18.4 Å². The van der Waals surface area contributed by atoms with Crippen molar-refractivity contribution in [3.05, 3.63) is 59.4 Å². The first-order valence-corrected chi connectivity index (χ1v) is 9.44. The third-order valence-electron chi connectivity index (χ3n) is 5.54. The fourth-order valence-electron chi connectivity index (χ4n) is 3.97. The second-order valence-corrected chi connectivity index (χ2v) is 7.51. The van der Waals surface area contributed by atoms with E-state index in [1.54, 1.807) is 0 Å². The summed E-state index contributed by atoms with van der Waals surface area (Å²) in [6, 6.07) is 12.5. The van der Waals surface area contributed by atoms with Gasteiger partial charge >= 0.3 is 0 Å². The summed E-state index contributed by atoms with van der Waals surface area (Å²) in [6.45, 7) is 2.18. The third kappa shape index (κ3) is 3.41. The zero-order valence-electron chi connectivity index (χ0n) is 15.5. The Hall–Kier alpha value is -2.11. The van der Waals surface area contributed by atoms with Gasteiger partial charge in [0.1, 0.15) is 0 Å². The Morgan fingerprint density at radius 2 is 2.04 bits per heavy atom. The van der Waals surface area contributed by atoms with Crippen LogP contribution in [0.4, 0.5) is 0 Å². The van der Waals surface area contributed by atoms with Crippen LogP contribution >= 0.6 is 0 Å². The molecule has 1 N–H and O–H groups in total. The van der Waals surface area contributed by atoms with Crippen LogP contribution in [0.1, 0.15) is 46.4 Å². The molecule has 2 aliphatic rings. The average molecular weight is 353 g/mol. The van der Waals surface area contributed by atoms with E-state index in [9.17, 15) is 4.79 Å². The molecule has 0 unspecified atom stereocenters. The number of likely N-dealkylation sites (N-methyl/N-ethyl adjacent to an activating group) is 2. The Balaban J connectivity index is 1.50. The molecule has 4 rings (SSSR count). The summed E-state index contributed by atoms with van der Waals surface area (Å²) < 4.78 is 6.10. The van der Waals surface area contributed by atoms with Gasteiger partial charge in [-0.05, 0) is 37.4 Å². The molecule has 1 aromatic carbocycles. The van der Waals surface area contributed by atoms with Crippen molar-refractivity contribution in [1.29, 1.82) is 0 Å². The molecule has 2 fully saturated rings.